The van der Waals surface area contributed by atoms with E-state index in [1.165, 1.54) is 12.1 Å². The molecule has 152 valence electrons. The molecule has 0 saturated carbocycles. The number of nitrogens with one attached hydrogen (secondary N) is 1. The zero-order valence-electron chi connectivity index (χ0n) is 15.9. The molecule has 4 heterocycles. The normalized spacial score (nSPS) is 14.9. The average molecular weight is 407 g/mol. The van der Waals surface area contributed by atoms with Gasteiger partial charge in [-0.3, -0.25) is 9.89 Å². The smallest absolute Gasteiger partial charge is 0.283 e. The number of furan rings is 1. The highest BCUT2D eigenvalue weighted by atomic mass is 19.1. The van der Waals surface area contributed by atoms with Crippen LogP contribution in [0.5, 0.6) is 0 Å². The molecule has 0 unspecified atom stereocenters. The molecule has 0 aliphatic carbocycles. The number of carbonyl (C=O) groups is 1. The highest BCUT2D eigenvalue weighted by Crippen LogP contribution is 2.30. The Kier molecular flexibility index (Phi) is 4.62. The molecule has 9 heteroatoms. The van der Waals surface area contributed by atoms with E-state index >= 15 is 0 Å². The van der Waals surface area contributed by atoms with Gasteiger partial charge in [0.1, 0.15) is 11.5 Å². The first kappa shape index (κ1) is 18.3. The largest absolute Gasteiger partial charge is 0.459 e. The number of aromatic nitrogens is 4. The average Bonchev–Trinajstić information content (AvgIpc) is 3.55. The van der Waals surface area contributed by atoms with Crippen molar-refractivity contribution in [3.8, 4) is 22.9 Å². The minimum atomic E-state index is -0.314. The zero-order chi connectivity index (χ0) is 20.5. The number of carbonyl (C=O) groups excluding carboxylic acids is 1. The van der Waals surface area contributed by atoms with Crippen molar-refractivity contribution in [2.24, 2.45) is 0 Å². The summed E-state index contributed by atoms with van der Waals surface area (Å²) in [4.78, 5) is 14.6. The summed E-state index contributed by atoms with van der Waals surface area (Å²) in [5.74, 6) is 1.13. The molecule has 0 radical (unpaired) electrons. The number of likely N-dealkylation sites (tertiary alicyclic amines) is 1. The van der Waals surface area contributed by atoms with Crippen LogP contribution >= 0.6 is 0 Å². The second kappa shape index (κ2) is 7.58. The van der Waals surface area contributed by atoms with Crippen molar-refractivity contribution in [1.29, 1.82) is 0 Å². The van der Waals surface area contributed by atoms with Crippen molar-refractivity contribution in [2.45, 2.75) is 18.8 Å². The van der Waals surface area contributed by atoms with Crippen LogP contribution in [0.3, 0.4) is 0 Å². The number of hydrogen-bond acceptors (Lipinski definition) is 6. The fraction of sp³-hybridized carbons (Fsp3) is 0.238. The van der Waals surface area contributed by atoms with E-state index in [1.54, 1.807) is 41.5 Å². The maximum absolute atomic E-state index is 13.1. The highest BCUT2D eigenvalue weighted by molar-refractivity contribution is 5.93. The molecule has 30 heavy (non-hydrogen) atoms. The molecule has 1 amide bonds. The monoisotopic (exact) mass is 407 g/mol. The predicted octanol–water partition coefficient (Wildman–Crippen LogP) is 3.88. The number of benzene rings is 1. The molecule has 1 aliphatic heterocycles. The van der Waals surface area contributed by atoms with Gasteiger partial charge in [-0.2, -0.15) is 5.10 Å². The van der Waals surface area contributed by atoms with E-state index in [9.17, 15) is 9.18 Å². The van der Waals surface area contributed by atoms with E-state index < -0.39 is 0 Å². The molecule has 3 aromatic heterocycles. The van der Waals surface area contributed by atoms with Gasteiger partial charge in [-0.05, 0) is 55.3 Å². The number of hydrogen-bond donors (Lipinski definition) is 1. The van der Waals surface area contributed by atoms with Gasteiger partial charge in [0.2, 0.25) is 5.89 Å². The summed E-state index contributed by atoms with van der Waals surface area (Å²) in [7, 11) is 0. The van der Waals surface area contributed by atoms with Gasteiger partial charge in [0, 0.05) is 24.6 Å². The quantitative estimate of drug-likeness (QED) is 0.551. The molecular formula is C21H18FN5O3. The van der Waals surface area contributed by atoms with Crippen LogP contribution in [-0.4, -0.2) is 44.3 Å². The lowest BCUT2D eigenvalue weighted by molar-refractivity contribution is 0.0700. The summed E-state index contributed by atoms with van der Waals surface area (Å²) >= 11 is 0. The summed E-state index contributed by atoms with van der Waals surface area (Å²) in [5, 5.41) is 15.2. The van der Waals surface area contributed by atoms with Crippen LogP contribution in [0.25, 0.3) is 22.9 Å². The number of rotatable bonds is 4. The lowest BCUT2D eigenvalue weighted by Crippen LogP contribution is -2.38. The standard InChI is InChI=1S/C21H18FN5O3/c22-15-5-3-13(4-6-15)16-12-17(24-23-16)21(28)27-9-7-14(8-10-27)19-25-26-20(30-19)18-2-1-11-29-18/h1-6,11-12,14H,7-10H2,(H,23,24). The van der Waals surface area contributed by atoms with Crippen molar-refractivity contribution in [3.63, 3.8) is 0 Å². The first-order valence-electron chi connectivity index (χ1n) is 9.65. The lowest BCUT2D eigenvalue weighted by Gasteiger charge is -2.30. The molecule has 1 saturated heterocycles. The maximum Gasteiger partial charge on any atom is 0.283 e. The van der Waals surface area contributed by atoms with E-state index in [2.05, 4.69) is 20.4 Å². The van der Waals surface area contributed by atoms with Gasteiger partial charge in [-0.15, -0.1) is 10.2 Å². The Morgan fingerprint density at radius 1 is 1.13 bits per heavy atom. The Labute approximate surface area is 170 Å². The highest BCUT2D eigenvalue weighted by Gasteiger charge is 2.29. The van der Waals surface area contributed by atoms with Gasteiger partial charge in [0.25, 0.3) is 11.8 Å². The third kappa shape index (κ3) is 3.49. The van der Waals surface area contributed by atoms with Crippen LogP contribution in [0.2, 0.25) is 0 Å². The van der Waals surface area contributed by atoms with Gasteiger partial charge in [0.15, 0.2) is 5.76 Å². The minimum Gasteiger partial charge on any atom is -0.459 e. The van der Waals surface area contributed by atoms with Crippen LogP contribution in [0.15, 0.2) is 57.6 Å². The van der Waals surface area contributed by atoms with Crippen molar-refractivity contribution in [2.75, 3.05) is 13.1 Å². The summed E-state index contributed by atoms with van der Waals surface area (Å²) < 4.78 is 24.1. The summed E-state index contributed by atoms with van der Waals surface area (Å²) in [6.07, 6.45) is 3.01. The van der Waals surface area contributed by atoms with Crippen LogP contribution in [0.4, 0.5) is 4.39 Å². The molecule has 4 aromatic rings. The first-order valence-corrected chi connectivity index (χ1v) is 9.65. The Balaban J connectivity index is 1.22. The molecule has 1 aromatic carbocycles. The molecule has 0 atom stereocenters. The summed E-state index contributed by atoms with van der Waals surface area (Å²) in [5.41, 5.74) is 1.75. The van der Waals surface area contributed by atoms with E-state index in [-0.39, 0.29) is 17.6 Å². The van der Waals surface area contributed by atoms with Gasteiger partial charge in [-0.1, -0.05) is 0 Å². The predicted molar refractivity (Wildman–Crippen MR) is 104 cm³/mol. The van der Waals surface area contributed by atoms with Crippen LogP contribution in [0, 0.1) is 5.82 Å². The molecule has 1 N–H and O–H groups in total. The number of piperidine rings is 1. The second-order valence-corrected chi connectivity index (χ2v) is 7.16. The Hall–Kier alpha value is -3.75. The topological polar surface area (TPSA) is 101 Å². The van der Waals surface area contributed by atoms with Gasteiger partial charge in [0.05, 0.1) is 12.0 Å². The Morgan fingerprint density at radius 3 is 2.67 bits per heavy atom. The minimum absolute atomic E-state index is 0.0989. The number of amides is 1. The third-order valence-corrected chi connectivity index (χ3v) is 5.25. The number of H-pyrrole nitrogens is 1. The van der Waals surface area contributed by atoms with Gasteiger partial charge < -0.3 is 13.7 Å². The summed E-state index contributed by atoms with van der Waals surface area (Å²) in [6, 6.07) is 11.2. The zero-order valence-corrected chi connectivity index (χ0v) is 15.9. The molecular weight excluding hydrogens is 389 g/mol. The number of nitrogens with zero attached hydrogens (tertiary/aromatic N) is 4. The van der Waals surface area contributed by atoms with Crippen molar-refractivity contribution in [3.05, 3.63) is 66.1 Å². The first-order chi connectivity index (χ1) is 14.7. The van der Waals surface area contributed by atoms with Crippen LogP contribution in [-0.2, 0) is 0 Å². The SMILES string of the molecule is O=C(c1cc(-c2ccc(F)cc2)n[nH]1)N1CCC(c2nnc(-c3ccco3)o2)CC1. The molecule has 1 aliphatic rings. The summed E-state index contributed by atoms with van der Waals surface area (Å²) in [6.45, 7) is 1.15. The lowest BCUT2D eigenvalue weighted by atomic mass is 9.96. The third-order valence-electron chi connectivity index (χ3n) is 5.25. The maximum atomic E-state index is 13.1. The fourth-order valence-electron chi connectivity index (χ4n) is 3.60. The van der Waals surface area contributed by atoms with E-state index in [1.807, 2.05) is 0 Å². The van der Waals surface area contributed by atoms with Crippen molar-refractivity contribution in [1.82, 2.24) is 25.3 Å². The molecule has 0 spiro atoms. The van der Waals surface area contributed by atoms with E-state index in [0.29, 0.717) is 42.0 Å². The second-order valence-electron chi connectivity index (χ2n) is 7.16. The fourth-order valence-corrected chi connectivity index (χ4v) is 3.60. The molecule has 8 nitrogen and oxygen atoms in total. The van der Waals surface area contributed by atoms with Crippen molar-refractivity contribution < 1.29 is 18.0 Å². The van der Waals surface area contributed by atoms with E-state index in [4.69, 9.17) is 8.83 Å². The van der Waals surface area contributed by atoms with Gasteiger partial charge in [-0.25, -0.2) is 4.39 Å². The molecule has 1 fully saturated rings. The van der Waals surface area contributed by atoms with Crippen molar-refractivity contribution >= 4 is 5.91 Å². The van der Waals surface area contributed by atoms with Crippen LogP contribution in [0.1, 0.15) is 35.1 Å². The van der Waals surface area contributed by atoms with Crippen LogP contribution < -0.4 is 0 Å². The number of aromatic amines is 1. The van der Waals surface area contributed by atoms with Gasteiger partial charge >= 0.3 is 0 Å². The van der Waals surface area contributed by atoms with E-state index in [0.717, 1.165) is 18.4 Å². The number of halogens is 1. The Morgan fingerprint density at radius 2 is 1.93 bits per heavy atom. The molecule has 5 rings (SSSR count). The molecule has 0 bridgehead atoms. The Bertz CT molecular complexity index is 1140.